The summed E-state index contributed by atoms with van der Waals surface area (Å²) in [6, 6.07) is 0. The van der Waals surface area contributed by atoms with Crippen molar-refractivity contribution in [3.8, 4) is 0 Å². The van der Waals surface area contributed by atoms with Gasteiger partial charge < -0.3 is 9.64 Å². The zero-order valence-corrected chi connectivity index (χ0v) is 11.4. The second-order valence-electron chi connectivity index (χ2n) is 5.79. The fourth-order valence-electron chi connectivity index (χ4n) is 1.74. The summed E-state index contributed by atoms with van der Waals surface area (Å²) in [7, 11) is 0. The molecule has 98 valence electrons. The van der Waals surface area contributed by atoms with Crippen LogP contribution in [0.3, 0.4) is 0 Å². The number of Topliss-reactive ketones (excluding diaryl/α,β-unsaturated/α-hetero) is 1. The van der Waals surface area contributed by atoms with E-state index in [9.17, 15) is 9.59 Å². The van der Waals surface area contributed by atoms with Crippen LogP contribution in [0.1, 0.15) is 41.0 Å². The summed E-state index contributed by atoms with van der Waals surface area (Å²) in [6.07, 6.45) is 0.549. The Kier molecular flexibility index (Phi) is 4.17. The van der Waals surface area contributed by atoms with Gasteiger partial charge in [-0.1, -0.05) is 13.8 Å². The third-order valence-electron chi connectivity index (χ3n) is 3.03. The monoisotopic (exact) mass is 241 g/mol. The Balaban J connectivity index is 2.37. The molecule has 1 aliphatic heterocycles. The lowest BCUT2D eigenvalue weighted by Crippen LogP contribution is -2.55. The number of nitrogens with zero attached hydrogens (tertiary/aromatic N) is 1. The molecular formula is C13H23NO3. The first-order valence-electron chi connectivity index (χ1n) is 6.26. The number of hydrogen-bond donors (Lipinski definition) is 0. The van der Waals surface area contributed by atoms with Crippen LogP contribution in [0, 0.1) is 11.8 Å². The van der Waals surface area contributed by atoms with Crippen molar-refractivity contribution >= 4 is 11.9 Å². The maximum Gasteiger partial charge on any atom is 0.410 e. The average Bonchev–Trinajstić information content (AvgIpc) is 2.10. The van der Waals surface area contributed by atoms with Gasteiger partial charge in [0.2, 0.25) is 0 Å². The van der Waals surface area contributed by atoms with Crippen molar-refractivity contribution < 1.29 is 14.3 Å². The zero-order chi connectivity index (χ0) is 13.2. The van der Waals surface area contributed by atoms with Crippen molar-refractivity contribution in [2.24, 2.45) is 11.8 Å². The van der Waals surface area contributed by atoms with Gasteiger partial charge in [0, 0.05) is 19.0 Å². The van der Waals surface area contributed by atoms with E-state index in [1.54, 1.807) is 4.90 Å². The molecule has 1 atom stereocenters. The second-order valence-corrected chi connectivity index (χ2v) is 5.79. The van der Waals surface area contributed by atoms with Crippen LogP contribution in [0.5, 0.6) is 0 Å². The zero-order valence-electron chi connectivity index (χ0n) is 11.4. The summed E-state index contributed by atoms with van der Waals surface area (Å²) >= 11 is 0. The molecule has 0 spiro atoms. The molecule has 4 heteroatoms. The van der Waals surface area contributed by atoms with Crippen molar-refractivity contribution in [2.75, 3.05) is 13.1 Å². The number of carbonyl (C=O) groups is 2. The number of rotatable bonds is 3. The number of carbonyl (C=O) groups excluding carboxylic acids is 2. The first kappa shape index (κ1) is 14.0. The van der Waals surface area contributed by atoms with Crippen LogP contribution in [-0.2, 0) is 9.53 Å². The Bertz CT molecular complexity index is 300. The highest BCUT2D eigenvalue weighted by atomic mass is 16.6. The van der Waals surface area contributed by atoms with E-state index in [2.05, 4.69) is 0 Å². The van der Waals surface area contributed by atoms with E-state index in [0.717, 1.165) is 6.42 Å². The third-order valence-corrected chi connectivity index (χ3v) is 3.03. The van der Waals surface area contributed by atoms with E-state index in [0.29, 0.717) is 13.1 Å². The molecule has 1 unspecified atom stereocenters. The molecule has 0 aromatic rings. The Hall–Kier alpha value is -1.06. The van der Waals surface area contributed by atoms with Crippen LogP contribution in [0.4, 0.5) is 4.79 Å². The summed E-state index contributed by atoms with van der Waals surface area (Å²) in [5.41, 5.74) is -0.469. The van der Waals surface area contributed by atoms with E-state index in [1.807, 2.05) is 34.6 Å². The first-order chi connectivity index (χ1) is 7.74. The Morgan fingerprint density at radius 1 is 1.35 bits per heavy atom. The molecule has 0 radical (unpaired) electrons. The van der Waals surface area contributed by atoms with Gasteiger partial charge in [-0.2, -0.15) is 0 Å². The van der Waals surface area contributed by atoms with Crippen LogP contribution in [0.2, 0.25) is 0 Å². The van der Waals surface area contributed by atoms with Gasteiger partial charge in [-0.05, 0) is 27.2 Å². The standard InChI is InChI=1S/C13H23NO3/c1-6-9(2)11(15)10-7-14(8-10)12(16)17-13(3,4)5/h9-10H,6-8H2,1-5H3. The minimum absolute atomic E-state index is 0.0115. The molecule has 1 aliphatic rings. The van der Waals surface area contributed by atoms with Gasteiger partial charge in [-0.15, -0.1) is 0 Å². The van der Waals surface area contributed by atoms with Gasteiger partial charge >= 0.3 is 6.09 Å². The van der Waals surface area contributed by atoms with E-state index in [4.69, 9.17) is 4.74 Å². The van der Waals surface area contributed by atoms with Crippen molar-refractivity contribution in [3.63, 3.8) is 0 Å². The van der Waals surface area contributed by atoms with Gasteiger partial charge in [0.25, 0.3) is 0 Å². The van der Waals surface area contributed by atoms with Gasteiger partial charge in [-0.3, -0.25) is 4.79 Å². The predicted octanol–water partition coefficient (Wildman–Crippen LogP) is 2.47. The van der Waals surface area contributed by atoms with Crippen molar-refractivity contribution in [1.82, 2.24) is 4.90 Å². The van der Waals surface area contributed by atoms with Crippen LogP contribution in [-0.4, -0.2) is 35.5 Å². The third kappa shape index (κ3) is 3.72. The van der Waals surface area contributed by atoms with E-state index >= 15 is 0 Å². The number of ether oxygens (including phenoxy) is 1. The highest BCUT2D eigenvalue weighted by Gasteiger charge is 2.38. The lowest BCUT2D eigenvalue weighted by molar-refractivity contribution is -0.131. The summed E-state index contributed by atoms with van der Waals surface area (Å²) in [5, 5.41) is 0. The highest BCUT2D eigenvalue weighted by Crippen LogP contribution is 2.23. The Morgan fingerprint density at radius 2 is 1.88 bits per heavy atom. The van der Waals surface area contributed by atoms with Gasteiger partial charge in [0.05, 0.1) is 5.92 Å². The van der Waals surface area contributed by atoms with Crippen LogP contribution in [0.25, 0.3) is 0 Å². The summed E-state index contributed by atoms with van der Waals surface area (Å²) in [5.74, 6) is 0.380. The Morgan fingerprint density at radius 3 is 2.29 bits per heavy atom. The van der Waals surface area contributed by atoms with E-state index in [1.165, 1.54) is 0 Å². The lowest BCUT2D eigenvalue weighted by atomic mass is 9.87. The lowest BCUT2D eigenvalue weighted by Gasteiger charge is -2.39. The topological polar surface area (TPSA) is 46.6 Å². The minimum atomic E-state index is -0.469. The molecule has 1 amide bonds. The molecule has 1 rings (SSSR count). The fraction of sp³-hybridized carbons (Fsp3) is 0.846. The Labute approximate surface area is 103 Å². The number of ketones is 1. The molecule has 0 aliphatic carbocycles. The van der Waals surface area contributed by atoms with Crippen LogP contribution in [0.15, 0.2) is 0 Å². The SMILES string of the molecule is CCC(C)C(=O)C1CN(C(=O)OC(C)(C)C)C1. The molecule has 0 bridgehead atoms. The van der Waals surface area contributed by atoms with Gasteiger partial charge in [-0.25, -0.2) is 4.79 Å². The van der Waals surface area contributed by atoms with Crippen molar-refractivity contribution in [2.45, 2.75) is 46.6 Å². The number of likely N-dealkylation sites (tertiary alicyclic amines) is 1. The average molecular weight is 241 g/mol. The minimum Gasteiger partial charge on any atom is -0.444 e. The molecule has 1 heterocycles. The summed E-state index contributed by atoms with van der Waals surface area (Å²) in [6.45, 7) is 10.5. The van der Waals surface area contributed by atoms with Gasteiger partial charge in [0.1, 0.15) is 11.4 Å². The van der Waals surface area contributed by atoms with Gasteiger partial charge in [0.15, 0.2) is 0 Å². The quantitative estimate of drug-likeness (QED) is 0.762. The highest BCUT2D eigenvalue weighted by molar-refractivity contribution is 5.86. The smallest absolute Gasteiger partial charge is 0.410 e. The molecule has 0 saturated carbocycles. The molecule has 1 saturated heterocycles. The van der Waals surface area contributed by atoms with E-state index < -0.39 is 5.60 Å². The summed E-state index contributed by atoms with van der Waals surface area (Å²) < 4.78 is 5.23. The second kappa shape index (κ2) is 5.07. The van der Waals surface area contributed by atoms with Crippen molar-refractivity contribution in [3.05, 3.63) is 0 Å². The fourth-order valence-corrected chi connectivity index (χ4v) is 1.74. The maximum atomic E-state index is 11.8. The molecule has 17 heavy (non-hydrogen) atoms. The van der Waals surface area contributed by atoms with Crippen molar-refractivity contribution in [1.29, 1.82) is 0 Å². The normalized spacial score (nSPS) is 18.5. The molecule has 0 N–H and O–H groups in total. The number of hydrogen-bond acceptors (Lipinski definition) is 3. The largest absolute Gasteiger partial charge is 0.444 e. The van der Waals surface area contributed by atoms with Crippen LogP contribution < -0.4 is 0 Å². The van der Waals surface area contributed by atoms with Crippen LogP contribution >= 0.6 is 0 Å². The first-order valence-corrected chi connectivity index (χ1v) is 6.26. The summed E-state index contributed by atoms with van der Waals surface area (Å²) in [4.78, 5) is 25.1. The molecule has 0 aromatic heterocycles. The molecule has 0 aromatic carbocycles. The predicted molar refractivity (Wildman–Crippen MR) is 65.8 cm³/mol. The van der Waals surface area contributed by atoms with E-state index in [-0.39, 0.29) is 23.7 Å². The maximum absolute atomic E-state index is 11.8. The molecule has 4 nitrogen and oxygen atoms in total. The molecular weight excluding hydrogens is 218 g/mol. The molecule has 1 fully saturated rings. The number of amides is 1.